The number of hydrogen-bond donors (Lipinski definition) is 1. The van der Waals surface area contributed by atoms with Gasteiger partial charge in [-0.3, -0.25) is 0 Å². The zero-order chi connectivity index (χ0) is 14.9. The summed E-state index contributed by atoms with van der Waals surface area (Å²) in [5.74, 6) is 1.18. The molecular formula is C12H11ClF3N3O. The highest BCUT2D eigenvalue weighted by Crippen LogP contribution is 2.33. The van der Waals surface area contributed by atoms with Gasteiger partial charge in [-0.15, -0.1) is 0 Å². The highest BCUT2D eigenvalue weighted by atomic mass is 35.5. The topological polar surface area (TPSA) is 51.0 Å². The maximum absolute atomic E-state index is 12.5. The molecule has 1 atom stereocenters. The fraction of sp³-hybridized carbons (Fsp3) is 0.333. The molecule has 8 heteroatoms. The highest BCUT2D eigenvalue weighted by molar-refractivity contribution is 6.32. The summed E-state index contributed by atoms with van der Waals surface area (Å²) in [6, 6.07) is 0.454. The Morgan fingerprint density at radius 3 is 2.50 bits per heavy atom. The summed E-state index contributed by atoms with van der Waals surface area (Å²) in [5.41, 5.74) is -0.896. The van der Waals surface area contributed by atoms with Gasteiger partial charge in [0.05, 0.1) is 16.8 Å². The molecule has 2 heterocycles. The minimum absolute atomic E-state index is 0.116. The van der Waals surface area contributed by atoms with Crippen molar-refractivity contribution < 1.29 is 17.6 Å². The van der Waals surface area contributed by atoms with Gasteiger partial charge >= 0.3 is 6.18 Å². The van der Waals surface area contributed by atoms with Crippen molar-refractivity contribution in [2.75, 3.05) is 5.32 Å². The smallest absolute Gasteiger partial charge is 0.417 e. The second-order valence-corrected chi connectivity index (χ2v) is 4.63. The fourth-order valence-electron chi connectivity index (χ4n) is 1.54. The fourth-order valence-corrected chi connectivity index (χ4v) is 1.76. The molecule has 0 saturated heterocycles. The van der Waals surface area contributed by atoms with E-state index in [-0.39, 0.29) is 16.9 Å². The van der Waals surface area contributed by atoms with E-state index >= 15 is 0 Å². The largest absolute Gasteiger partial charge is 0.444 e. The van der Waals surface area contributed by atoms with Crippen LogP contribution in [0.2, 0.25) is 5.02 Å². The van der Waals surface area contributed by atoms with E-state index in [9.17, 15) is 13.2 Å². The van der Waals surface area contributed by atoms with Gasteiger partial charge in [0.1, 0.15) is 17.6 Å². The Bertz CT molecular complexity index is 612. The molecule has 0 aromatic carbocycles. The maximum Gasteiger partial charge on any atom is 0.417 e. The number of nitrogens with one attached hydrogen (secondary N) is 1. The summed E-state index contributed by atoms with van der Waals surface area (Å²) < 4.78 is 42.8. The summed E-state index contributed by atoms with van der Waals surface area (Å²) in [7, 11) is 0. The molecule has 0 aliphatic rings. The van der Waals surface area contributed by atoms with Gasteiger partial charge in [0, 0.05) is 6.20 Å². The SMILES string of the molecule is Cc1cnc(C(C)Nc2ncc(C(F)(F)F)cc2Cl)o1. The molecule has 4 nitrogen and oxygen atoms in total. The molecule has 0 saturated carbocycles. The van der Waals surface area contributed by atoms with Crippen LogP contribution >= 0.6 is 11.6 Å². The molecule has 0 aliphatic carbocycles. The van der Waals surface area contributed by atoms with Crippen LogP contribution in [0.4, 0.5) is 19.0 Å². The van der Waals surface area contributed by atoms with E-state index in [1.165, 1.54) is 0 Å². The molecule has 20 heavy (non-hydrogen) atoms. The molecule has 1 unspecified atom stereocenters. The number of oxazole rings is 1. The Hall–Kier alpha value is -1.76. The van der Waals surface area contributed by atoms with Gasteiger partial charge in [0.15, 0.2) is 0 Å². The van der Waals surface area contributed by atoms with E-state index in [0.717, 1.165) is 12.3 Å². The van der Waals surface area contributed by atoms with Crippen molar-refractivity contribution in [2.24, 2.45) is 0 Å². The van der Waals surface area contributed by atoms with Crippen LogP contribution in [0.5, 0.6) is 0 Å². The average molecular weight is 306 g/mol. The van der Waals surface area contributed by atoms with Crippen LogP contribution in [0.1, 0.15) is 30.2 Å². The maximum atomic E-state index is 12.5. The van der Waals surface area contributed by atoms with Gasteiger partial charge in [-0.25, -0.2) is 9.97 Å². The first-order valence-electron chi connectivity index (χ1n) is 5.69. The van der Waals surface area contributed by atoms with E-state index in [1.54, 1.807) is 20.0 Å². The number of pyridine rings is 1. The van der Waals surface area contributed by atoms with Crippen molar-refractivity contribution in [3.8, 4) is 0 Å². The normalized spacial score (nSPS) is 13.3. The van der Waals surface area contributed by atoms with Gasteiger partial charge in [-0.05, 0) is 19.9 Å². The first-order chi connectivity index (χ1) is 9.27. The van der Waals surface area contributed by atoms with Crippen LogP contribution in [0.15, 0.2) is 22.9 Å². The van der Waals surface area contributed by atoms with E-state index in [4.69, 9.17) is 16.0 Å². The second kappa shape index (κ2) is 5.32. The second-order valence-electron chi connectivity index (χ2n) is 4.23. The third kappa shape index (κ3) is 3.22. The molecule has 0 radical (unpaired) electrons. The summed E-state index contributed by atoms with van der Waals surface area (Å²) in [6.45, 7) is 3.48. The number of rotatable bonds is 3. The molecule has 0 fully saturated rings. The van der Waals surface area contributed by atoms with E-state index < -0.39 is 11.7 Å². The van der Waals surface area contributed by atoms with E-state index in [1.807, 2.05) is 0 Å². The number of hydrogen-bond acceptors (Lipinski definition) is 4. The number of alkyl halides is 3. The van der Waals surface area contributed by atoms with Gasteiger partial charge in [0.25, 0.3) is 0 Å². The third-order valence-electron chi connectivity index (χ3n) is 2.53. The Labute approximate surface area is 118 Å². The summed E-state index contributed by atoms with van der Waals surface area (Å²) in [5, 5.41) is 2.74. The van der Waals surface area contributed by atoms with Crippen molar-refractivity contribution in [1.29, 1.82) is 0 Å². The van der Waals surface area contributed by atoms with Crippen LogP contribution in [-0.2, 0) is 6.18 Å². The average Bonchev–Trinajstić information content (AvgIpc) is 2.77. The number of halogens is 4. The minimum Gasteiger partial charge on any atom is -0.444 e. The summed E-state index contributed by atoms with van der Waals surface area (Å²) in [4.78, 5) is 7.70. The Balaban J connectivity index is 2.18. The molecule has 1 N–H and O–H groups in total. The molecule has 0 aliphatic heterocycles. The third-order valence-corrected chi connectivity index (χ3v) is 2.82. The van der Waals surface area contributed by atoms with Gasteiger partial charge in [0.2, 0.25) is 5.89 Å². The number of aromatic nitrogens is 2. The molecule has 2 rings (SSSR count). The molecule has 108 valence electrons. The van der Waals surface area contributed by atoms with Crippen LogP contribution in [0.25, 0.3) is 0 Å². The van der Waals surface area contributed by atoms with Crippen molar-refractivity contribution in [2.45, 2.75) is 26.1 Å². The minimum atomic E-state index is -4.47. The highest BCUT2D eigenvalue weighted by Gasteiger charge is 2.31. The standard InChI is InChI=1S/C12H11ClF3N3O/c1-6-4-18-11(20-6)7(2)19-10-9(13)3-8(5-17-10)12(14,15)16/h3-5,7H,1-2H3,(H,17,19). The number of aryl methyl sites for hydroxylation is 1. The molecule has 0 spiro atoms. The number of nitrogens with zero attached hydrogens (tertiary/aromatic N) is 2. The molecular weight excluding hydrogens is 295 g/mol. The first-order valence-corrected chi connectivity index (χ1v) is 6.07. The summed E-state index contributed by atoms with van der Waals surface area (Å²) >= 11 is 5.80. The van der Waals surface area contributed by atoms with Crippen molar-refractivity contribution in [1.82, 2.24) is 9.97 Å². The van der Waals surface area contributed by atoms with Crippen LogP contribution < -0.4 is 5.32 Å². The summed E-state index contributed by atoms with van der Waals surface area (Å²) in [6.07, 6.45) is -2.20. The Morgan fingerprint density at radius 1 is 1.30 bits per heavy atom. The van der Waals surface area contributed by atoms with Crippen molar-refractivity contribution in [3.05, 3.63) is 40.7 Å². The van der Waals surface area contributed by atoms with Gasteiger partial charge in [-0.2, -0.15) is 13.2 Å². The van der Waals surface area contributed by atoms with Gasteiger partial charge < -0.3 is 9.73 Å². The first kappa shape index (κ1) is 14.6. The van der Waals surface area contributed by atoms with Gasteiger partial charge in [-0.1, -0.05) is 11.6 Å². The zero-order valence-corrected chi connectivity index (χ0v) is 11.4. The predicted molar refractivity (Wildman–Crippen MR) is 67.5 cm³/mol. The lowest BCUT2D eigenvalue weighted by atomic mass is 10.2. The Morgan fingerprint density at radius 2 is 2.00 bits per heavy atom. The van der Waals surface area contributed by atoms with E-state index in [0.29, 0.717) is 11.7 Å². The van der Waals surface area contributed by atoms with Crippen molar-refractivity contribution in [3.63, 3.8) is 0 Å². The molecule has 0 amide bonds. The molecule has 2 aromatic heterocycles. The van der Waals surface area contributed by atoms with Crippen molar-refractivity contribution >= 4 is 17.4 Å². The quantitative estimate of drug-likeness (QED) is 0.922. The lowest BCUT2D eigenvalue weighted by molar-refractivity contribution is -0.137. The zero-order valence-electron chi connectivity index (χ0n) is 10.6. The van der Waals surface area contributed by atoms with Crippen LogP contribution in [0, 0.1) is 6.92 Å². The van der Waals surface area contributed by atoms with E-state index in [2.05, 4.69) is 15.3 Å². The Kier molecular flexibility index (Phi) is 3.89. The molecule has 0 bridgehead atoms. The predicted octanol–water partition coefficient (Wildman–Crippen LogP) is 4.22. The number of anilines is 1. The van der Waals surface area contributed by atoms with Crippen LogP contribution in [-0.4, -0.2) is 9.97 Å². The van der Waals surface area contributed by atoms with Crippen LogP contribution in [0.3, 0.4) is 0 Å². The lowest BCUT2D eigenvalue weighted by Gasteiger charge is -2.14. The molecule has 2 aromatic rings. The monoisotopic (exact) mass is 305 g/mol. The lowest BCUT2D eigenvalue weighted by Crippen LogP contribution is -2.11.